The maximum absolute atomic E-state index is 12.2. The molecule has 0 saturated heterocycles. The van der Waals surface area contributed by atoms with Crippen LogP contribution in [0.15, 0.2) is 25.3 Å². The number of alkyl halides is 1. The van der Waals surface area contributed by atoms with Crippen molar-refractivity contribution in [2.45, 2.75) is 144 Å². The van der Waals surface area contributed by atoms with Gasteiger partial charge >= 0.3 is 150 Å². The maximum Gasteiger partial charge on any atom is 1.00 e. The Balaban J connectivity index is 0.000000310. The quantitative estimate of drug-likeness (QED) is 0.181. The molecule has 0 aromatic carbocycles. The minimum absolute atomic E-state index is 0. The molecule has 66 heavy (non-hydrogen) atoms. The van der Waals surface area contributed by atoms with E-state index in [0.717, 1.165) is 94.7 Å². The molecule has 3 saturated carbocycles. The van der Waals surface area contributed by atoms with E-state index < -0.39 is 11.2 Å². The monoisotopic (exact) mass is 1410 g/mol. The third kappa shape index (κ3) is 20.3. The van der Waals surface area contributed by atoms with E-state index in [9.17, 15) is 14.4 Å². The zero-order chi connectivity index (χ0) is 46.9. The predicted molar refractivity (Wildman–Crippen MR) is 256 cm³/mol. The number of rotatable bonds is 6. The van der Waals surface area contributed by atoms with Crippen molar-refractivity contribution in [3.8, 4) is 0 Å². The van der Waals surface area contributed by atoms with Gasteiger partial charge in [-0.25, -0.2) is 9.59 Å². The van der Waals surface area contributed by atoms with Gasteiger partial charge in [-0.1, -0.05) is 15.9 Å². The fraction of sp³-hybridized carbons (Fsp3) is 0.705. The van der Waals surface area contributed by atoms with Crippen LogP contribution in [-0.4, -0.2) is 113 Å². The molecule has 4 aliphatic heterocycles. The van der Waals surface area contributed by atoms with Crippen LogP contribution in [0.5, 0.6) is 0 Å². The SMILES string of the molecule is BrCC1CC1.CC(=O)N1CCc2c(c(Br)nn2CC2CC2)C1.CC(C)(C)OC(=O)N1CCC2=C(C1)C(Br)=NC2.CC(C)(C)OC(=O)N1CCc2c(c(Br)nn2CC2CC2)C1.O=CO[O-].[Cs+].[Cs+].[H-]. The van der Waals surface area contributed by atoms with Crippen LogP contribution in [0.3, 0.4) is 0 Å². The number of ether oxygens (including phenoxy) is 2. The van der Waals surface area contributed by atoms with Crippen molar-refractivity contribution in [1.82, 2.24) is 34.3 Å². The van der Waals surface area contributed by atoms with E-state index >= 15 is 0 Å². The van der Waals surface area contributed by atoms with Crippen molar-refractivity contribution in [2.75, 3.05) is 38.1 Å². The molecule has 3 aliphatic carbocycles. The molecule has 3 fully saturated rings. The second kappa shape index (κ2) is 28.7. The molecule has 0 spiro atoms. The van der Waals surface area contributed by atoms with E-state index in [2.05, 4.69) is 93.2 Å². The average Bonchev–Trinajstić information content (AvgIpc) is 4.17. The van der Waals surface area contributed by atoms with Crippen LogP contribution < -0.4 is 143 Å². The Morgan fingerprint density at radius 3 is 1.50 bits per heavy atom. The number of hydrogen-bond acceptors (Lipinski definition) is 11. The summed E-state index contributed by atoms with van der Waals surface area (Å²) in [5, 5.41) is 18.8. The molecule has 3 amide bonds. The Kier molecular flexibility index (Phi) is 26.8. The first-order valence-corrected chi connectivity index (χ1v) is 25.6. The number of fused-ring (bicyclic) bond motifs is 2. The van der Waals surface area contributed by atoms with Crippen LogP contribution in [0, 0.1) is 17.8 Å². The van der Waals surface area contributed by atoms with Gasteiger partial charge in [0.15, 0.2) is 0 Å². The summed E-state index contributed by atoms with van der Waals surface area (Å²) in [6, 6.07) is 0. The molecular weight excluding hydrogens is 1350 g/mol. The van der Waals surface area contributed by atoms with E-state index in [-0.39, 0.29) is 164 Å². The van der Waals surface area contributed by atoms with Gasteiger partial charge in [0.25, 0.3) is 6.47 Å². The summed E-state index contributed by atoms with van der Waals surface area (Å²) in [7, 11) is 0. The molecule has 0 radical (unpaired) electrons. The van der Waals surface area contributed by atoms with E-state index in [1.165, 1.54) is 66.4 Å². The fourth-order valence-corrected chi connectivity index (χ4v) is 9.51. The van der Waals surface area contributed by atoms with E-state index in [1.54, 1.807) is 16.7 Å². The third-order valence-corrected chi connectivity index (χ3v) is 14.2. The van der Waals surface area contributed by atoms with Crippen molar-refractivity contribution >= 4 is 92.9 Å². The Bertz CT molecular complexity index is 2050. The van der Waals surface area contributed by atoms with Crippen LogP contribution >= 0.6 is 63.7 Å². The van der Waals surface area contributed by atoms with E-state index in [4.69, 9.17) is 19.5 Å². The molecule has 6 heterocycles. The zero-order valence-electron chi connectivity index (χ0n) is 41.1. The van der Waals surface area contributed by atoms with Crippen LogP contribution in [0.4, 0.5) is 9.59 Å². The number of amides is 3. The first kappa shape index (κ1) is 61.6. The third-order valence-electron chi connectivity index (χ3n) is 11.2. The number of nitrogens with zero attached hydrogens (tertiary/aromatic N) is 8. The van der Waals surface area contributed by atoms with Crippen molar-refractivity contribution in [2.24, 2.45) is 22.7 Å². The largest absolute Gasteiger partial charge is 1.00 e. The molecule has 9 rings (SSSR count). The van der Waals surface area contributed by atoms with Gasteiger partial charge in [-0.05, 0) is 158 Å². The summed E-state index contributed by atoms with van der Waals surface area (Å²) in [6.07, 6.45) is 10.4. The predicted octanol–water partition coefficient (Wildman–Crippen LogP) is 2.39. The Morgan fingerprint density at radius 2 is 1.12 bits per heavy atom. The average molecular weight is 1420 g/mol. The van der Waals surface area contributed by atoms with Gasteiger partial charge in [0, 0.05) is 85.9 Å². The van der Waals surface area contributed by atoms with Crippen molar-refractivity contribution in [3.63, 3.8) is 0 Å². The molecule has 0 unspecified atom stereocenters. The van der Waals surface area contributed by atoms with Gasteiger partial charge in [-0.15, -0.1) is 0 Å². The standard InChI is InChI=1S/C15H22BrN3O2.C12H16BrN3O.C12H17BrN2O2.C4H7Br.CH2O3.2Cs.H/c1-15(2,3)21-14(20)18-7-6-12-11(9-18)13(16)17-19(12)8-10-4-5-10;1-8(17)15-5-4-11-10(7-15)12(13)14-16(11)6-9-2-3-9;1-12(2,3)17-11(16)15-5-4-8-6-14-10(13)9(8)7-15;5-3-4-1-2-4;2-1-4-3;;;/h10H,4-9H2,1-3H3;9H,2-7H2,1H3;4-7H2,1-3H3;4H,1-3H2;1,3H;;;/q;;;;;2*+1;-1/p-1. The summed E-state index contributed by atoms with van der Waals surface area (Å²) in [6.45, 7) is 19.8. The minimum Gasteiger partial charge on any atom is -1.00 e. The van der Waals surface area contributed by atoms with Gasteiger partial charge in [0.05, 0.1) is 26.2 Å². The maximum atomic E-state index is 12.2. The van der Waals surface area contributed by atoms with Gasteiger partial charge < -0.3 is 35.7 Å². The van der Waals surface area contributed by atoms with Gasteiger partial charge in [-0.2, -0.15) is 10.2 Å². The summed E-state index contributed by atoms with van der Waals surface area (Å²) < 4.78 is 17.8. The normalized spacial score (nSPS) is 18.2. The molecule has 16 nitrogen and oxygen atoms in total. The summed E-state index contributed by atoms with van der Waals surface area (Å²) in [4.78, 5) is 56.5. The second-order valence-corrected chi connectivity index (χ2v) is 22.1. The number of aromatic nitrogens is 4. The van der Waals surface area contributed by atoms with Gasteiger partial charge in [-0.3, -0.25) is 23.9 Å². The number of carbonyl (C=O) groups is 4. The Hall–Kier alpha value is 1.29. The van der Waals surface area contributed by atoms with E-state index in [1.807, 2.05) is 46.4 Å². The first-order chi connectivity index (χ1) is 30.2. The van der Waals surface area contributed by atoms with Crippen LogP contribution in [0.25, 0.3) is 0 Å². The van der Waals surface area contributed by atoms with Crippen LogP contribution in [0.2, 0.25) is 0 Å². The van der Waals surface area contributed by atoms with Crippen molar-refractivity contribution in [1.29, 1.82) is 0 Å². The molecule has 0 bridgehead atoms. The summed E-state index contributed by atoms with van der Waals surface area (Å²) >= 11 is 13.9. The zero-order valence-corrected chi connectivity index (χ0v) is 59.0. The number of halogens is 4. The molecule has 7 aliphatic rings. The van der Waals surface area contributed by atoms with Gasteiger partial charge in [0.2, 0.25) is 5.91 Å². The summed E-state index contributed by atoms with van der Waals surface area (Å²) in [5.74, 6) is 2.83. The number of aliphatic imine (C=N–C) groups is 1. The molecule has 0 N–H and O–H groups in total. The summed E-state index contributed by atoms with van der Waals surface area (Å²) in [5.41, 5.74) is 6.53. The Labute approximate surface area is 542 Å². The molecule has 0 atom stereocenters. The number of carbonyl (C=O) groups excluding carboxylic acids is 4. The molecule has 22 heteroatoms. The van der Waals surface area contributed by atoms with Crippen LogP contribution in [-0.2, 0) is 63.0 Å². The fourth-order valence-electron chi connectivity index (χ4n) is 7.24. The van der Waals surface area contributed by atoms with Crippen molar-refractivity contribution in [3.05, 3.63) is 42.9 Å². The van der Waals surface area contributed by atoms with E-state index in [0.29, 0.717) is 26.2 Å². The molecular formula is C44H64Br4Cs2N8O8. The van der Waals surface area contributed by atoms with Crippen molar-refractivity contribution < 1.29 is 178 Å². The number of hydrogen-bond donors (Lipinski definition) is 0. The molecule has 2 aromatic heterocycles. The minimum atomic E-state index is -0.454. The molecule has 2 aromatic rings. The second-order valence-electron chi connectivity index (χ2n) is 19.2. The topological polar surface area (TPSA) is 177 Å². The van der Waals surface area contributed by atoms with Crippen LogP contribution in [0.1, 0.15) is 117 Å². The van der Waals surface area contributed by atoms with Gasteiger partial charge in [0.1, 0.15) is 25.0 Å². The Morgan fingerprint density at radius 1 is 0.712 bits per heavy atom. The molecule has 358 valence electrons. The smallest absolute Gasteiger partial charge is 1.00 e. The first-order valence-electron chi connectivity index (χ1n) is 22.1.